The van der Waals surface area contributed by atoms with Crippen molar-refractivity contribution in [3.8, 4) is 0 Å². The minimum atomic E-state index is -4.09. The SMILES string of the molecule is Cc1c(C(=O)N2CCCC2C)cc(F)cc1S(=O)(=O)Cl. The van der Waals surface area contributed by atoms with Gasteiger partial charge in [0.1, 0.15) is 5.82 Å². The van der Waals surface area contributed by atoms with E-state index in [-0.39, 0.29) is 28.0 Å². The number of hydrogen-bond donors (Lipinski definition) is 0. The van der Waals surface area contributed by atoms with Crippen molar-refractivity contribution in [1.29, 1.82) is 0 Å². The highest BCUT2D eigenvalue weighted by molar-refractivity contribution is 8.13. The lowest BCUT2D eigenvalue weighted by Crippen LogP contribution is -2.34. The fraction of sp³-hybridized carbons (Fsp3) is 0.462. The zero-order chi connectivity index (χ0) is 15.1. The number of benzene rings is 1. The second-order valence-electron chi connectivity index (χ2n) is 5.00. The molecule has 1 aliphatic rings. The number of carbonyl (C=O) groups is 1. The Morgan fingerprint density at radius 1 is 1.45 bits per heavy atom. The van der Waals surface area contributed by atoms with Crippen LogP contribution in [0.25, 0.3) is 0 Å². The van der Waals surface area contributed by atoms with Gasteiger partial charge in [-0.15, -0.1) is 0 Å². The topological polar surface area (TPSA) is 54.5 Å². The zero-order valence-electron chi connectivity index (χ0n) is 11.2. The van der Waals surface area contributed by atoms with Gasteiger partial charge in [0, 0.05) is 28.8 Å². The highest BCUT2D eigenvalue weighted by atomic mass is 35.7. The quantitative estimate of drug-likeness (QED) is 0.788. The Balaban J connectivity index is 2.52. The first-order valence-corrected chi connectivity index (χ1v) is 8.58. The molecule has 1 aromatic carbocycles. The van der Waals surface area contributed by atoms with Crippen LogP contribution in [-0.2, 0) is 9.05 Å². The van der Waals surface area contributed by atoms with E-state index >= 15 is 0 Å². The van der Waals surface area contributed by atoms with Gasteiger partial charge < -0.3 is 4.90 Å². The molecule has 0 aliphatic carbocycles. The first-order chi connectivity index (χ1) is 9.21. The van der Waals surface area contributed by atoms with Gasteiger partial charge in [-0.05, 0) is 44.4 Å². The number of nitrogens with zero attached hydrogens (tertiary/aromatic N) is 1. The van der Waals surface area contributed by atoms with Gasteiger partial charge in [0.2, 0.25) is 0 Å². The lowest BCUT2D eigenvalue weighted by atomic mass is 10.1. The average Bonchev–Trinajstić information content (AvgIpc) is 2.75. The van der Waals surface area contributed by atoms with Crippen LogP contribution in [0.15, 0.2) is 17.0 Å². The highest BCUT2D eigenvalue weighted by Gasteiger charge is 2.29. The lowest BCUT2D eigenvalue weighted by Gasteiger charge is -2.22. The van der Waals surface area contributed by atoms with E-state index < -0.39 is 14.9 Å². The van der Waals surface area contributed by atoms with Gasteiger partial charge >= 0.3 is 0 Å². The first kappa shape index (κ1) is 15.3. The van der Waals surface area contributed by atoms with Crippen LogP contribution in [0.2, 0.25) is 0 Å². The van der Waals surface area contributed by atoms with E-state index in [2.05, 4.69) is 0 Å². The van der Waals surface area contributed by atoms with Gasteiger partial charge in [-0.1, -0.05) is 0 Å². The van der Waals surface area contributed by atoms with E-state index in [0.29, 0.717) is 6.54 Å². The number of halogens is 2. The van der Waals surface area contributed by atoms with Crippen molar-refractivity contribution in [2.45, 2.75) is 37.6 Å². The molecule has 0 aromatic heterocycles. The molecule has 0 bridgehead atoms. The molecule has 0 saturated carbocycles. The van der Waals surface area contributed by atoms with Crippen molar-refractivity contribution in [2.24, 2.45) is 0 Å². The van der Waals surface area contributed by atoms with Gasteiger partial charge in [0.25, 0.3) is 15.0 Å². The Labute approximate surface area is 121 Å². The maximum atomic E-state index is 13.6. The van der Waals surface area contributed by atoms with Crippen LogP contribution in [-0.4, -0.2) is 31.8 Å². The summed E-state index contributed by atoms with van der Waals surface area (Å²) >= 11 is 0. The summed E-state index contributed by atoms with van der Waals surface area (Å²) in [4.78, 5) is 13.7. The van der Waals surface area contributed by atoms with Gasteiger partial charge in [-0.25, -0.2) is 12.8 Å². The summed E-state index contributed by atoms with van der Waals surface area (Å²) < 4.78 is 36.5. The fourth-order valence-electron chi connectivity index (χ4n) is 2.52. The van der Waals surface area contributed by atoms with Crippen LogP contribution in [0.1, 0.15) is 35.7 Å². The van der Waals surface area contributed by atoms with Crippen LogP contribution >= 0.6 is 10.7 Å². The van der Waals surface area contributed by atoms with Crippen molar-refractivity contribution in [3.63, 3.8) is 0 Å². The molecular weight excluding hydrogens is 305 g/mol. The van der Waals surface area contributed by atoms with E-state index in [1.165, 1.54) is 6.92 Å². The van der Waals surface area contributed by atoms with Crippen molar-refractivity contribution < 1.29 is 17.6 Å². The first-order valence-electron chi connectivity index (χ1n) is 6.27. The molecule has 0 radical (unpaired) electrons. The highest BCUT2D eigenvalue weighted by Crippen LogP contribution is 2.27. The molecule has 1 aromatic rings. The molecular formula is C13H15ClFNO3S. The minimum Gasteiger partial charge on any atom is -0.336 e. The molecule has 2 rings (SSSR count). The maximum Gasteiger partial charge on any atom is 0.261 e. The number of likely N-dealkylation sites (tertiary alicyclic amines) is 1. The molecule has 0 spiro atoms. The summed E-state index contributed by atoms with van der Waals surface area (Å²) in [5.74, 6) is -1.14. The predicted octanol–water partition coefficient (Wildman–Crippen LogP) is 2.69. The van der Waals surface area contributed by atoms with Crippen LogP contribution < -0.4 is 0 Å². The molecule has 1 fully saturated rings. The van der Waals surface area contributed by atoms with Gasteiger partial charge in [0.15, 0.2) is 0 Å². The molecule has 1 amide bonds. The Kier molecular flexibility index (Phi) is 4.07. The van der Waals surface area contributed by atoms with Crippen LogP contribution in [0.5, 0.6) is 0 Å². The molecule has 1 heterocycles. The third kappa shape index (κ3) is 2.81. The minimum absolute atomic E-state index is 0.0537. The third-order valence-corrected chi connectivity index (χ3v) is 5.08. The summed E-state index contributed by atoms with van der Waals surface area (Å²) in [7, 11) is 1.19. The standard InChI is InChI=1S/C13H15ClFNO3S/c1-8-4-3-5-16(8)13(17)11-6-10(15)7-12(9(11)2)20(14,18)19/h6-8H,3-5H2,1-2H3. The van der Waals surface area contributed by atoms with E-state index in [1.807, 2.05) is 6.92 Å². The summed E-state index contributed by atoms with van der Waals surface area (Å²) in [6.45, 7) is 3.97. The van der Waals surface area contributed by atoms with E-state index in [1.54, 1.807) is 4.90 Å². The smallest absolute Gasteiger partial charge is 0.261 e. The molecule has 1 aliphatic heterocycles. The summed E-state index contributed by atoms with van der Waals surface area (Å²) in [6.07, 6.45) is 1.78. The number of rotatable bonds is 2. The molecule has 0 N–H and O–H groups in total. The number of hydrogen-bond acceptors (Lipinski definition) is 3. The summed E-state index contributed by atoms with van der Waals surface area (Å²) in [5.41, 5.74) is 0.239. The van der Waals surface area contributed by atoms with Crippen molar-refractivity contribution in [2.75, 3.05) is 6.54 Å². The van der Waals surface area contributed by atoms with Crippen LogP contribution in [0.4, 0.5) is 4.39 Å². The summed E-state index contributed by atoms with van der Waals surface area (Å²) in [5, 5.41) is 0. The normalized spacial score (nSPS) is 19.4. The Morgan fingerprint density at radius 3 is 2.60 bits per heavy atom. The van der Waals surface area contributed by atoms with Gasteiger partial charge in [0.05, 0.1) is 4.90 Å². The predicted molar refractivity (Wildman–Crippen MR) is 73.9 cm³/mol. The van der Waals surface area contributed by atoms with E-state index in [9.17, 15) is 17.6 Å². The lowest BCUT2D eigenvalue weighted by molar-refractivity contribution is 0.0746. The van der Waals surface area contributed by atoms with Crippen molar-refractivity contribution in [3.05, 3.63) is 29.1 Å². The molecule has 110 valence electrons. The molecule has 1 saturated heterocycles. The average molecular weight is 320 g/mol. The monoisotopic (exact) mass is 319 g/mol. The van der Waals surface area contributed by atoms with Gasteiger partial charge in [-0.3, -0.25) is 4.79 Å². The largest absolute Gasteiger partial charge is 0.336 e. The van der Waals surface area contributed by atoms with Gasteiger partial charge in [-0.2, -0.15) is 0 Å². The summed E-state index contributed by atoms with van der Waals surface area (Å²) in [6, 6.07) is 1.97. The third-order valence-electron chi connectivity index (χ3n) is 3.63. The molecule has 7 heteroatoms. The van der Waals surface area contributed by atoms with Crippen LogP contribution in [0.3, 0.4) is 0 Å². The van der Waals surface area contributed by atoms with Crippen molar-refractivity contribution in [1.82, 2.24) is 4.90 Å². The molecule has 20 heavy (non-hydrogen) atoms. The second kappa shape index (κ2) is 5.33. The zero-order valence-corrected chi connectivity index (χ0v) is 12.8. The second-order valence-corrected chi connectivity index (χ2v) is 7.54. The molecule has 1 unspecified atom stereocenters. The fourth-order valence-corrected chi connectivity index (χ4v) is 3.73. The Hall–Kier alpha value is -1.14. The number of amides is 1. The maximum absolute atomic E-state index is 13.6. The molecule has 4 nitrogen and oxygen atoms in total. The van der Waals surface area contributed by atoms with Crippen molar-refractivity contribution >= 4 is 25.6 Å². The Morgan fingerprint density at radius 2 is 2.10 bits per heavy atom. The van der Waals surface area contributed by atoms with E-state index in [0.717, 1.165) is 25.0 Å². The van der Waals surface area contributed by atoms with Crippen LogP contribution in [0, 0.1) is 12.7 Å². The number of carbonyl (C=O) groups excluding carboxylic acids is 1. The Bertz CT molecular complexity index is 660. The van der Waals surface area contributed by atoms with E-state index in [4.69, 9.17) is 10.7 Å². The molecule has 1 atom stereocenters.